The molecule has 2 rings (SSSR count). The zero-order valence-electron chi connectivity index (χ0n) is 14.3. The van der Waals surface area contributed by atoms with E-state index in [0.717, 1.165) is 51.6 Å². The first-order chi connectivity index (χ1) is 10.1. The molecule has 2 saturated heterocycles. The Balaban J connectivity index is 2.08. The molecule has 0 aromatic carbocycles. The Kier molecular flexibility index (Phi) is 6.06. The number of nitrogens with one attached hydrogen (secondary N) is 1. The summed E-state index contributed by atoms with van der Waals surface area (Å²) >= 11 is 0. The first-order valence-electron chi connectivity index (χ1n) is 8.85. The summed E-state index contributed by atoms with van der Waals surface area (Å²) in [5.74, 6) is 0.932. The van der Waals surface area contributed by atoms with Gasteiger partial charge in [-0.25, -0.2) is 0 Å². The van der Waals surface area contributed by atoms with Gasteiger partial charge in [-0.05, 0) is 38.8 Å². The van der Waals surface area contributed by atoms with Gasteiger partial charge in [-0.3, -0.25) is 10.1 Å². The minimum atomic E-state index is 0.0633. The summed E-state index contributed by atoms with van der Waals surface area (Å²) in [5, 5.41) is 3.62. The Bertz CT molecular complexity index is 347. The topological polar surface area (TPSA) is 35.6 Å². The van der Waals surface area contributed by atoms with Crippen molar-refractivity contribution in [3.05, 3.63) is 0 Å². The largest absolute Gasteiger partial charge is 0.322 e. The highest BCUT2D eigenvalue weighted by atomic mass is 16.2. The fourth-order valence-corrected chi connectivity index (χ4v) is 3.98. The number of carbonyl (C=O) groups is 1. The molecule has 0 aromatic rings. The number of carbonyl (C=O) groups excluding carboxylic acids is 1. The lowest BCUT2D eigenvalue weighted by atomic mass is 9.92. The van der Waals surface area contributed by atoms with Crippen molar-refractivity contribution < 1.29 is 4.79 Å². The number of hydrogen-bond acceptors (Lipinski definition) is 3. The molecule has 122 valence electrons. The first kappa shape index (κ1) is 16.8. The van der Waals surface area contributed by atoms with Gasteiger partial charge in [0.1, 0.15) is 0 Å². The number of nitrogens with zero attached hydrogens (tertiary/aromatic N) is 2. The van der Waals surface area contributed by atoms with E-state index in [1.807, 2.05) is 0 Å². The molecule has 0 spiro atoms. The fourth-order valence-electron chi connectivity index (χ4n) is 3.98. The first-order valence-corrected chi connectivity index (χ1v) is 8.85. The minimum absolute atomic E-state index is 0.0633. The van der Waals surface area contributed by atoms with E-state index in [2.05, 4.69) is 42.9 Å². The number of likely N-dealkylation sites (tertiary alicyclic amines) is 1. The third-order valence-electron chi connectivity index (χ3n) is 5.11. The SMILES string of the molecule is CCCCC1NC(CCC)N(C2CCN(C)CC2C)C1=O. The minimum Gasteiger partial charge on any atom is -0.322 e. The van der Waals surface area contributed by atoms with Crippen molar-refractivity contribution in [3.8, 4) is 0 Å². The average molecular weight is 295 g/mol. The standard InChI is InChI=1S/C17H33N3O/c1-5-7-9-14-17(21)20(16(18-14)8-6-2)15-10-11-19(4)12-13(15)3/h13-16,18H,5-12H2,1-4H3. The maximum Gasteiger partial charge on any atom is 0.241 e. The molecule has 1 N–H and O–H groups in total. The van der Waals surface area contributed by atoms with Crippen LogP contribution in [0.25, 0.3) is 0 Å². The fraction of sp³-hybridized carbons (Fsp3) is 0.941. The van der Waals surface area contributed by atoms with Crippen LogP contribution in [0.5, 0.6) is 0 Å². The van der Waals surface area contributed by atoms with Crippen LogP contribution in [0.2, 0.25) is 0 Å². The van der Waals surface area contributed by atoms with Crippen LogP contribution in [0, 0.1) is 5.92 Å². The molecule has 2 aliphatic heterocycles. The summed E-state index contributed by atoms with van der Waals surface area (Å²) in [5.41, 5.74) is 0. The monoisotopic (exact) mass is 295 g/mol. The highest BCUT2D eigenvalue weighted by Crippen LogP contribution is 2.29. The van der Waals surface area contributed by atoms with E-state index >= 15 is 0 Å². The third-order valence-corrected chi connectivity index (χ3v) is 5.11. The molecule has 4 heteroatoms. The average Bonchev–Trinajstić information content (AvgIpc) is 2.74. The van der Waals surface area contributed by atoms with E-state index in [4.69, 9.17) is 0 Å². The smallest absolute Gasteiger partial charge is 0.241 e. The van der Waals surface area contributed by atoms with Gasteiger partial charge < -0.3 is 9.80 Å². The molecule has 2 aliphatic rings. The lowest BCUT2D eigenvalue weighted by Crippen LogP contribution is -2.53. The lowest BCUT2D eigenvalue weighted by Gasteiger charge is -2.42. The maximum absolute atomic E-state index is 12.9. The van der Waals surface area contributed by atoms with Crippen LogP contribution in [0.15, 0.2) is 0 Å². The van der Waals surface area contributed by atoms with Gasteiger partial charge in [0.05, 0.1) is 12.2 Å². The van der Waals surface area contributed by atoms with E-state index in [0.29, 0.717) is 17.9 Å². The van der Waals surface area contributed by atoms with Crippen molar-refractivity contribution >= 4 is 5.91 Å². The van der Waals surface area contributed by atoms with E-state index in [9.17, 15) is 4.79 Å². The number of amides is 1. The van der Waals surface area contributed by atoms with E-state index < -0.39 is 0 Å². The molecular weight excluding hydrogens is 262 g/mol. The summed E-state index contributed by atoms with van der Waals surface area (Å²) < 4.78 is 0. The van der Waals surface area contributed by atoms with E-state index in [1.54, 1.807) is 0 Å². The Labute approximate surface area is 130 Å². The Hall–Kier alpha value is -0.610. The maximum atomic E-state index is 12.9. The number of hydrogen-bond donors (Lipinski definition) is 1. The van der Waals surface area contributed by atoms with Gasteiger partial charge >= 0.3 is 0 Å². The molecular formula is C17H33N3O. The highest BCUT2D eigenvalue weighted by molar-refractivity contribution is 5.84. The van der Waals surface area contributed by atoms with Crippen molar-refractivity contribution in [1.82, 2.24) is 15.1 Å². The van der Waals surface area contributed by atoms with Gasteiger partial charge in [0.15, 0.2) is 0 Å². The Morgan fingerprint density at radius 3 is 2.62 bits per heavy atom. The molecule has 0 bridgehead atoms. The van der Waals surface area contributed by atoms with Crippen LogP contribution < -0.4 is 5.32 Å². The summed E-state index contributed by atoms with van der Waals surface area (Å²) in [6.07, 6.45) is 6.88. The highest BCUT2D eigenvalue weighted by Gasteiger charge is 2.43. The zero-order chi connectivity index (χ0) is 15.4. The van der Waals surface area contributed by atoms with Crippen LogP contribution in [-0.4, -0.2) is 54.1 Å². The van der Waals surface area contributed by atoms with Crippen molar-refractivity contribution in [3.63, 3.8) is 0 Å². The van der Waals surface area contributed by atoms with Gasteiger partial charge in [0.2, 0.25) is 5.91 Å². The van der Waals surface area contributed by atoms with Gasteiger partial charge in [0.25, 0.3) is 0 Å². The van der Waals surface area contributed by atoms with Crippen molar-refractivity contribution in [2.45, 2.75) is 77.5 Å². The molecule has 4 atom stereocenters. The molecule has 0 aliphatic carbocycles. The van der Waals surface area contributed by atoms with Crippen LogP contribution in [0.1, 0.15) is 59.3 Å². The molecule has 1 amide bonds. The van der Waals surface area contributed by atoms with Crippen molar-refractivity contribution in [2.24, 2.45) is 5.92 Å². The summed E-state index contributed by atoms with van der Waals surface area (Å²) in [7, 11) is 2.18. The van der Waals surface area contributed by atoms with Crippen LogP contribution >= 0.6 is 0 Å². The molecule has 0 aromatic heterocycles. The molecule has 4 unspecified atom stereocenters. The lowest BCUT2D eigenvalue weighted by molar-refractivity contribution is -0.134. The summed E-state index contributed by atoms with van der Waals surface area (Å²) in [6.45, 7) is 8.92. The molecule has 0 saturated carbocycles. The van der Waals surface area contributed by atoms with Crippen LogP contribution in [0.3, 0.4) is 0 Å². The quantitative estimate of drug-likeness (QED) is 0.817. The van der Waals surface area contributed by atoms with Crippen molar-refractivity contribution in [1.29, 1.82) is 0 Å². The van der Waals surface area contributed by atoms with Crippen LogP contribution in [-0.2, 0) is 4.79 Å². The number of rotatable bonds is 6. The predicted octanol–water partition coefficient (Wildman–Crippen LogP) is 2.44. The molecule has 0 radical (unpaired) electrons. The van der Waals surface area contributed by atoms with Gasteiger partial charge in [-0.15, -0.1) is 0 Å². The second-order valence-corrected chi connectivity index (χ2v) is 7.01. The van der Waals surface area contributed by atoms with Gasteiger partial charge in [-0.2, -0.15) is 0 Å². The summed E-state index contributed by atoms with van der Waals surface area (Å²) in [6, 6.07) is 0.484. The van der Waals surface area contributed by atoms with Crippen LogP contribution in [0.4, 0.5) is 0 Å². The Morgan fingerprint density at radius 1 is 1.24 bits per heavy atom. The third kappa shape index (κ3) is 3.78. The zero-order valence-corrected chi connectivity index (χ0v) is 14.3. The number of piperidine rings is 1. The molecule has 2 heterocycles. The second kappa shape index (κ2) is 7.59. The summed E-state index contributed by atoms with van der Waals surface area (Å²) in [4.78, 5) is 17.5. The number of unbranched alkanes of at least 4 members (excludes halogenated alkanes) is 1. The van der Waals surface area contributed by atoms with E-state index in [-0.39, 0.29) is 12.2 Å². The van der Waals surface area contributed by atoms with Crippen molar-refractivity contribution in [2.75, 3.05) is 20.1 Å². The second-order valence-electron chi connectivity index (χ2n) is 7.01. The Morgan fingerprint density at radius 2 is 2.00 bits per heavy atom. The van der Waals surface area contributed by atoms with Gasteiger partial charge in [-0.1, -0.05) is 40.0 Å². The molecule has 21 heavy (non-hydrogen) atoms. The molecule has 4 nitrogen and oxygen atoms in total. The normalized spacial score (nSPS) is 34.7. The molecule has 2 fully saturated rings. The van der Waals surface area contributed by atoms with Gasteiger partial charge in [0, 0.05) is 12.6 Å². The van der Waals surface area contributed by atoms with E-state index in [1.165, 1.54) is 0 Å². The predicted molar refractivity (Wildman–Crippen MR) is 87.1 cm³/mol.